The van der Waals surface area contributed by atoms with Crippen LogP contribution in [0.3, 0.4) is 0 Å². The monoisotopic (exact) mass is 313 g/mol. The Morgan fingerprint density at radius 2 is 2.11 bits per heavy atom. The van der Waals surface area contributed by atoms with Crippen LogP contribution in [0.1, 0.15) is 13.3 Å². The molecule has 2 N–H and O–H groups in total. The minimum atomic E-state index is 0.708. The molecule has 2 heterocycles. The van der Waals surface area contributed by atoms with Crippen molar-refractivity contribution < 1.29 is 0 Å². The molecule has 100 valence electrons. The molecule has 0 bridgehead atoms. The molecule has 0 spiro atoms. The Balaban J connectivity index is 1.94. The molecule has 1 aliphatic rings. The number of hydrogen-bond acceptors (Lipinski definition) is 5. The number of anilines is 2. The zero-order chi connectivity index (χ0) is 13.0. The zero-order valence-corrected chi connectivity index (χ0v) is 12.5. The fraction of sp³-hybridized carbons (Fsp3) is 0.667. The van der Waals surface area contributed by atoms with Crippen LogP contribution in [0.15, 0.2) is 10.8 Å². The van der Waals surface area contributed by atoms with Crippen molar-refractivity contribution in [1.82, 2.24) is 14.9 Å². The van der Waals surface area contributed by atoms with Crippen LogP contribution in [0.5, 0.6) is 0 Å². The average molecular weight is 314 g/mol. The van der Waals surface area contributed by atoms with E-state index in [1.807, 2.05) is 0 Å². The first-order valence-electron chi connectivity index (χ1n) is 6.37. The normalized spacial score (nSPS) is 20.1. The van der Waals surface area contributed by atoms with Gasteiger partial charge in [-0.05, 0) is 48.8 Å². The predicted molar refractivity (Wildman–Crippen MR) is 78.0 cm³/mol. The summed E-state index contributed by atoms with van der Waals surface area (Å²) in [5.74, 6) is 2.42. The van der Waals surface area contributed by atoms with Gasteiger partial charge in [-0.15, -0.1) is 0 Å². The van der Waals surface area contributed by atoms with Crippen LogP contribution in [-0.2, 0) is 0 Å². The van der Waals surface area contributed by atoms with Gasteiger partial charge in [-0.25, -0.2) is 9.97 Å². The van der Waals surface area contributed by atoms with E-state index in [1.54, 1.807) is 6.33 Å². The van der Waals surface area contributed by atoms with Crippen molar-refractivity contribution in [3.63, 3.8) is 0 Å². The van der Waals surface area contributed by atoms with Gasteiger partial charge in [-0.2, -0.15) is 0 Å². The molecule has 0 aromatic carbocycles. The Morgan fingerprint density at radius 3 is 2.72 bits per heavy atom. The van der Waals surface area contributed by atoms with E-state index in [1.165, 1.54) is 13.0 Å². The Kier molecular flexibility index (Phi) is 4.77. The maximum atomic E-state index is 4.28. The highest BCUT2D eigenvalue weighted by molar-refractivity contribution is 9.10. The van der Waals surface area contributed by atoms with E-state index in [0.29, 0.717) is 5.92 Å². The molecule has 1 saturated heterocycles. The molecule has 1 aliphatic heterocycles. The molecule has 1 atom stereocenters. The lowest BCUT2D eigenvalue weighted by Crippen LogP contribution is -2.19. The second kappa shape index (κ2) is 6.33. The summed E-state index contributed by atoms with van der Waals surface area (Å²) in [5, 5.41) is 6.61. The first kappa shape index (κ1) is 13.5. The lowest BCUT2D eigenvalue weighted by atomic mass is 10.1. The number of aromatic nitrogens is 2. The van der Waals surface area contributed by atoms with Gasteiger partial charge in [0, 0.05) is 19.6 Å². The molecular formula is C12H20BrN5. The van der Waals surface area contributed by atoms with Gasteiger partial charge in [0.2, 0.25) is 0 Å². The van der Waals surface area contributed by atoms with Gasteiger partial charge in [0.05, 0.1) is 0 Å². The van der Waals surface area contributed by atoms with E-state index in [0.717, 1.165) is 35.7 Å². The molecule has 1 aromatic rings. The summed E-state index contributed by atoms with van der Waals surface area (Å²) in [6.45, 7) is 6.22. The van der Waals surface area contributed by atoms with Crippen LogP contribution in [0, 0.1) is 5.92 Å². The summed E-state index contributed by atoms with van der Waals surface area (Å²) in [4.78, 5) is 10.8. The Labute approximate surface area is 117 Å². The maximum absolute atomic E-state index is 4.28. The fourth-order valence-corrected chi connectivity index (χ4v) is 2.70. The van der Waals surface area contributed by atoms with Crippen molar-refractivity contribution in [2.75, 3.05) is 43.9 Å². The highest BCUT2D eigenvalue weighted by atomic mass is 79.9. The Morgan fingerprint density at radius 1 is 1.39 bits per heavy atom. The van der Waals surface area contributed by atoms with Crippen LogP contribution < -0.4 is 10.6 Å². The second-order valence-electron chi connectivity index (χ2n) is 4.71. The maximum Gasteiger partial charge on any atom is 0.145 e. The van der Waals surface area contributed by atoms with Gasteiger partial charge in [0.25, 0.3) is 0 Å². The van der Waals surface area contributed by atoms with Crippen molar-refractivity contribution in [3.05, 3.63) is 10.8 Å². The SMILES string of the molecule is CCNc1ncnc(NCC2CCN(C)C2)c1Br. The van der Waals surface area contributed by atoms with E-state index in [-0.39, 0.29) is 0 Å². The van der Waals surface area contributed by atoms with Crippen molar-refractivity contribution in [1.29, 1.82) is 0 Å². The van der Waals surface area contributed by atoms with Gasteiger partial charge in [-0.1, -0.05) is 0 Å². The van der Waals surface area contributed by atoms with Crippen LogP contribution in [0.4, 0.5) is 11.6 Å². The number of halogens is 1. The number of rotatable bonds is 5. The van der Waals surface area contributed by atoms with Crippen LogP contribution >= 0.6 is 15.9 Å². The molecule has 18 heavy (non-hydrogen) atoms. The summed E-state index contributed by atoms with van der Waals surface area (Å²) < 4.78 is 0.915. The molecule has 0 saturated carbocycles. The highest BCUT2D eigenvalue weighted by Crippen LogP contribution is 2.27. The van der Waals surface area contributed by atoms with Crippen LogP contribution in [0.25, 0.3) is 0 Å². The van der Waals surface area contributed by atoms with E-state index >= 15 is 0 Å². The molecule has 1 unspecified atom stereocenters. The molecule has 1 aromatic heterocycles. The summed E-state index contributed by atoms with van der Waals surface area (Å²) in [6.07, 6.45) is 2.85. The zero-order valence-electron chi connectivity index (χ0n) is 10.9. The summed E-state index contributed by atoms with van der Waals surface area (Å²) in [5.41, 5.74) is 0. The predicted octanol–water partition coefficient (Wildman–Crippen LogP) is 2.03. The second-order valence-corrected chi connectivity index (χ2v) is 5.51. The van der Waals surface area contributed by atoms with E-state index in [9.17, 15) is 0 Å². The first-order valence-corrected chi connectivity index (χ1v) is 7.16. The highest BCUT2D eigenvalue weighted by Gasteiger charge is 2.19. The third kappa shape index (κ3) is 3.32. The standard InChI is InChI=1S/C12H20BrN5/c1-3-14-11-10(13)12(17-8-16-11)15-6-9-4-5-18(2)7-9/h8-9H,3-7H2,1-2H3,(H2,14,15,16,17). The van der Waals surface area contributed by atoms with Gasteiger partial charge in [-0.3, -0.25) is 0 Å². The molecule has 6 heteroatoms. The van der Waals surface area contributed by atoms with Crippen LogP contribution in [-0.4, -0.2) is 48.1 Å². The largest absolute Gasteiger partial charge is 0.369 e. The topological polar surface area (TPSA) is 53.1 Å². The molecule has 0 amide bonds. The minimum Gasteiger partial charge on any atom is -0.369 e. The van der Waals surface area contributed by atoms with Gasteiger partial charge in [0.15, 0.2) is 0 Å². The third-order valence-electron chi connectivity index (χ3n) is 3.18. The molecule has 0 radical (unpaired) electrons. The van der Waals surface area contributed by atoms with E-state index in [4.69, 9.17) is 0 Å². The molecular weight excluding hydrogens is 294 g/mol. The van der Waals surface area contributed by atoms with Crippen molar-refractivity contribution in [2.45, 2.75) is 13.3 Å². The van der Waals surface area contributed by atoms with Crippen molar-refractivity contribution in [3.8, 4) is 0 Å². The minimum absolute atomic E-state index is 0.708. The summed E-state index contributed by atoms with van der Waals surface area (Å²) in [7, 11) is 2.17. The van der Waals surface area contributed by atoms with Gasteiger partial charge < -0.3 is 15.5 Å². The first-order chi connectivity index (χ1) is 8.70. The molecule has 5 nitrogen and oxygen atoms in total. The number of hydrogen-bond donors (Lipinski definition) is 2. The molecule has 2 rings (SSSR count). The Hall–Kier alpha value is -0.880. The average Bonchev–Trinajstić information content (AvgIpc) is 2.77. The summed E-state index contributed by atoms with van der Waals surface area (Å²) >= 11 is 3.54. The number of nitrogens with zero attached hydrogens (tertiary/aromatic N) is 3. The number of nitrogens with one attached hydrogen (secondary N) is 2. The van der Waals surface area contributed by atoms with E-state index in [2.05, 4.69) is 55.4 Å². The lowest BCUT2D eigenvalue weighted by molar-refractivity contribution is 0.399. The molecule has 1 fully saturated rings. The Bertz CT molecular complexity index is 398. The van der Waals surface area contributed by atoms with Gasteiger partial charge >= 0.3 is 0 Å². The molecule has 0 aliphatic carbocycles. The van der Waals surface area contributed by atoms with Gasteiger partial charge in [0.1, 0.15) is 22.4 Å². The third-order valence-corrected chi connectivity index (χ3v) is 3.93. The van der Waals surface area contributed by atoms with Crippen molar-refractivity contribution in [2.24, 2.45) is 5.92 Å². The van der Waals surface area contributed by atoms with Crippen LogP contribution in [0.2, 0.25) is 0 Å². The fourth-order valence-electron chi connectivity index (χ4n) is 2.22. The van der Waals surface area contributed by atoms with E-state index < -0.39 is 0 Å². The lowest BCUT2D eigenvalue weighted by Gasteiger charge is -2.14. The quantitative estimate of drug-likeness (QED) is 0.871. The van der Waals surface area contributed by atoms with Crippen molar-refractivity contribution >= 4 is 27.6 Å². The smallest absolute Gasteiger partial charge is 0.145 e. The summed E-state index contributed by atoms with van der Waals surface area (Å²) in [6, 6.07) is 0. The number of likely N-dealkylation sites (tertiary alicyclic amines) is 1.